The Labute approximate surface area is 139 Å². The van der Waals surface area contributed by atoms with E-state index in [0.717, 1.165) is 17.0 Å². The van der Waals surface area contributed by atoms with Crippen LogP contribution in [0.25, 0.3) is 5.69 Å². The topological polar surface area (TPSA) is 81.9 Å². The van der Waals surface area contributed by atoms with E-state index in [4.69, 9.17) is 4.74 Å². The van der Waals surface area contributed by atoms with Crippen LogP contribution in [-0.4, -0.2) is 33.0 Å². The Morgan fingerprint density at radius 1 is 1.29 bits per heavy atom. The number of amides is 1. The van der Waals surface area contributed by atoms with Gasteiger partial charge in [0.2, 0.25) is 5.91 Å². The van der Waals surface area contributed by atoms with Gasteiger partial charge in [0.1, 0.15) is 11.4 Å². The molecule has 0 unspecified atom stereocenters. The van der Waals surface area contributed by atoms with Gasteiger partial charge in [0.25, 0.3) is 0 Å². The molecule has 3 aromatic rings. The number of benzene rings is 1. The van der Waals surface area contributed by atoms with Gasteiger partial charge in [0.05, 0.1) is 38.2 Å². The van der Waals surface area contributed by atoms with E-state index in [1.54, 1.807) is 30.4 Å². The summed E-state index contributed by atoms with van der Waals surface area (Å²) in [5, 5.41) is 10.9. The molecule has 24 heavy (non-hydrogen) atoms. The zero-order valence-corrected chi connectivity index (χ0v) is 13.2. The Balaban J connectivity index is 1.56. The second-order valence-corrected chi connectivity index (χ2v) is 5.17. The molecule has 1 amide bonds. The number of hydrogen-bond donors (Lipinski definition) is 1. The summed E-state index contributed by atoms with van der Waals surface area (Å²) in [6.45, 7) is 0.322. The summed E-state index contributed by atoms with van der Waals surface area (Å²) in [6.07, 6.45) is 5.44. The van der Waals surface area contributed by atoms with Crippen LogP contribution in [0.1, 0.15) is 11.3 Å². The SMILES string of the molecule is COc1cccc(CC(=O)NCc2cn(-c3cccnc3)nn2)c1. The van der Waals surface area contributed by atoms with Crippen LogP contribution in [0.15, 0.2) is 55.0 Å². The maximum atomic E-state index is 12.0. The van der Waals surface area contributed by atoms with E-state index in [2.05, 4.69) is 20.6 Å². The van der Waals surface area contributed by atoms with Crippen LogP contribution in [-0.2, 0) is 17.8 Å². The van der Waals surface area contributed by atoms with Crippen LogP contribution in [0.3, 0.4) is 0 Å². The normalized spacial score (nSPS) is 10.4. The summed E-state index contributed by atoms with van der Waals surface area (Å²) >= 11 is 0. The van der Waals surface area contributed by atoms with Crippen LogP contribution in [0.4, 0.5) is 0 Å². The number of pyridine rings is 1. The van der Waals surface area contributed by atoms with Gasteiger partial charge >= 0.3 is 0 Å². The maximum absolute atomic E-state index is 12.0. The number of carbonyl (C=O) groups is 1. The van der Waals surface area contributed by atoms with E-state index in [1.165, 1.54) is 0 Å². The van der Waals surface area contributed by atoms with Gasteiger partial charge in [-0.3, -0.25) is 9.78 Å². The quantitative estimate of drug-likeness (QED) is 0.744. The first-order valence-corrected chi connectivity index (χ1v) is 7.46. The molecule has 2 aromatic heterocycles. The minimum absolute atomic E-state index is 0.0841. The van der Waals surface area contributed by atoms with Gasteiger partial charge in [0, 0.05) is 6.20 Å². The molecule has 122 valence electrons. The number of hydrogen-bond acceptors (Lipinski definition) is 5. The van der Waals surface area contributed by atoms with Crippen molar-refractivity contribution in [3.63, 3.8) is 0 Å². The van der Waals surface area contributed by atoms with Crippen molar-refractivity contribution in [2.45, 2.75) is 13.0 Å². The van der Waals surface area contributed by atoms with E-state index in [1.807, 2.05) is 36.4 Å². The van der Waals surface area contributed by atoms with Gasteiger partial charge in [0.15, 0.2) is 0 Å². The van der Waals surface area contributed by atoms with Crippen LogP contribution in [0.5, 0.6) is 5.75 Å². The lowest BCUT2D eigenvalue weighted by Gasteiger charge is -2.05. The van der Waals surface area contributed by atoms with Crippen LogP contribution < -0.4 is 10.1 Å². The molecule has 0 saturated carbocycles. The molecule has 7 heteroatoms. The molecule has 2 heterocycles. The molecule has 0 aliphatic rings. The maximum Gasteiger partial charge on any atom is 0.224 e. The predicted molar refractivity (Wildman–Crippen MR) is 87.7 cm³/mol. The first-order chi connectivity index (χ1) is 11.7. The first kappa shape index (κ1) is 15.7. The molecule has 0 saturated heterocycles. The van der Waals surface area contributed by atoms with E-state index >= 15 is 0 Å². The Bertz CT molecular complexity index is 817. The number of methoxy groups -OCH3 is 1. The lowest BCUT2D eigenvalue weighted by Crippen LogP contribution is -2.24. The van der Waals surface area contributed by atoms with Gasteiger partial charge < -0.3 is 10.1 Å². The molecular formula is C17H17N5O2. The number of rotatable bonds is 6. The number of carbonyl (C=O) groups excluding carboxylic acids is 1. The van der Waals surface area contributed by atoms with Gasteiger partial charge in [-0.05, 0) is 29.8 Å². The fourth-order valence-corrected chi connectivity index (χ4v) is 2.21. The van der Waals surface area contributed by atoms with Crippen molar-refractivity contribution in [1.82, 2.24) is 25.3 Å². The third kappa shape index (κ3) is 3.95. The highest BCUT2D eigenvalue weighted by Gasteiger charge is 2.07. The predicted octanol–water partition coefficient (Wildman–Crippen LogP) is 1.53. The highest BCUT2D eigenvalue weighted by atomic mass is 16.5. The summed E-state index contributed by atoms with van der Waals surface area (Å²) in [5.41, 5.74) is 2.39. The standard InChI is InChI=1S/C17H17N5O2/c1-24-16-6-2-4-13(8-16)9-17(23)19-10-14-12-22(21-20-14)15-5-3-7-18-11-15/h2-8,11-12H,9-10H2,1H3,(H,19,23). The summed E-state index contributed by atoms with van der Waals surface area (Å²) in [4.78, 5) is 16.1. The van der Waals surface area contributed by atoms with Gasteiger partial charge in [-0.1, -0.05) is 17.3 Å². The Morgan fingerprint density at radius 2 is 2.21 bits per heavy atom. The minimum atomic E-state index is -0.0841. The highest BCUT2D eigenvalue weighted by molar-refractivity contribution is 5.78. The van der Waals surface area contributed by atoms with E-state index in [9.17, 15) is 4.79 Å². The molecule has 0 fully saturated rings. The molecular weight excluding hydrogens is 306 g/mol. The molecule has 7 nitrogen and oxygen atoms in total. The number of ether oxygens (including phenoxy) is 1. The van der Waals surface area contributed by atoms with Crippen molar-refractivity contribution in [3.05, 3.63) is 66.2 Å². The second-order valence-electron chi connectivity index (χ2n) is 5.17. The molecule has 0 aliphatic heterocycles. The number of aromatic nitrogens is 4. The molecule has 0 radical (unpaired) electrons. The second kappa shape index (κ2) is 7.36. The summed E-state index contributed by atoms with van der Waals surface area (Å²) in [5.74, 6) is 0.652. The van der Waals surface area contributed by atoms with Gasteiger partial charge in [-0.15, -0.1) is 5.10 Å². The molecule has 1 N–H and O–H groups in total. The average Bonchev–Trinajstić information content (AvgIpc) is 3.10. The Hall–Kier alpha value is -3.22. The number of nitrogens with zero attached hydrogens (tertiary/aromatic N) is 4. The fourth-order valence-electron chi connectivity index (χ4n) is 2.21. The van der Waals surface area contributed by atoms with E-state index < -0.39 is 0 Å². The molecule has 1 aromatic carbocycles. The zero-order chi connectivity index (χ0) is 16.8. The smallest absolute Gasteiger partial charge is 0.224 e. The largest absolute Gasteiger partial charge is 0.497 e. The van der Waals surface area contributed by atoms with Crippen LogP contribution in [0.2, 0.25) is 0 Å². The van der Waals surface area contributed by atoms with Gasteiger partial charge in [-0.25, -0.2) is 4.68 Å². The highest BCUT2D eigenvalue weighted by Crippen LogP contribution is 2.13. The van der Waals surface area contributed by atoms with Crippen molar-refractivity contribution in [1.29, 1.82) is 0 Å². The van der Waals surface area contributed by atoms with E-state index in [0.29, 0.717) is 12.2 Å². The van der Waals surface area contributed by atoms with Crippen molar-refractivity contribution >= 4 is 5.91 Å². The first-order valence-electron chi connectivity index (χ1n) is 7.46. The monoisotopic (exact) mass is 323 g/mol. The fraction of sp³-hybridized carbons (Fsp3) is 0.176. The third-order valence-electron chi connectivity index (χ3n) is 3.42. The van der Waals surface area contributed by atoms with Crippen molar-refractivity contribution in [3.8, 4) is 11.4 Å². The van der Waals surface area contributed by atoms with Gasteiger partial charge in [-0.2, -0.15) is 0 Å². The molecule has 0 spiro atoms. The van der Waals surface area contributed by atoms with Crippen LogP contribution in [0, 0.1) is 0 Å². The van der Waals surface area contributed by atoms with Crippen molar-refractivity contribution in [2.24, 2.45) is 0 Å². The third-order valence-corrected chi connectivity index (χ3v) is 3.42. The molecule has 0 atom stereocenters. The minimum Gasteiger partial charge on any atom is -0.497 e. The van der Waals surface area contributed by atoms with Crippen molar-refractivity contribution in [2.75, 3.05) is 7.11 Å². The average molecular weight is 323 g/mol. The number of nitrogens with one attached hydrogen (secondary N) is 1. The molecule has 0 aliphatic carbocycles. The summed E-state index contributed by atoms with van der Waals surface area (Å²) in [7, 11) is 1.60. The summed E-state index contributed by atoms with van der Waals surface area (Å²) in [6, 6.07) is 11.2. The molecule has 0 bridgehead atoms. The lowest BCUT2D eigenvalue weighted by molar-refractivity contribution is -0.120. The zero-order valence-electron chi connectivity index (χ0n) is 13.2. The Morgan fingerprint density at radius 3 is 3.00 bits per heavy atom. The lowest BCUT2D eigenvalue weighted by atomic mass is 10.1. The van der Waals surface area contributed by atoms with Crippen molar-refractivity contribution < 1.29 is 9.53 Å². The molecule has 3 rings (SSSR count). The Kier molecular flexibility index (Phi) is 4.81. The van der Waals surface area contributed by atoms with Crippen LogP contribution >= 0.6 is 0 Å². The summed E-state index contributed by atoms with van der Waals surface area (Å²) < 4.78 is 6.77. The van der Waals surface area contributed by atoms with E-state index in [-0.39, 0.29) is 12.3 Å².